The molecule has 0 heterocycles. The van der Waals surface area contributed by atoms with Gasteiger partial charge in [-0.2, -0.15) is 0 Å². The van der Waals surface area contributed by atoms with E-state index in [1.165, 1.54) is 0 Å². The van der Waals surface area contributed by atoms with Gasteiger partial charge in [-0.1, -0.05) is 0 Å². The van der Waals surface area contributed by atoms with Crippen LogP contribution in [-0.2, 0) is 0 Å². The molecule has 0 aliphatic carbocycles. The third-order valence-electron chi connectivity index (χ3n) is 2.91. The summed E-state index contributed by atoms with van der Waals surface area (Å²) in [5.74, 6) is 0. The van der Waals surface area contributed by atoms with Crippen LogP contribution in [0.4, 0.5) is 11.4 Å². The van der Waals surface area contributed by atoms with Crippen LogP contribution in [0.15, 0.2) is 18.2 Å². The maximum Gasteiger partial charge on any atom is 0.282 e. The molecule has 0 atom stereocenters. The predicted octanol–water partition coefficient (Wildman–Crippen LogP) is 2.98. The van der Waals surface area contributed by atoms with Crippen LogP contribution >= 0.6 is 22.6 Å². The Hall–Kier alpha value is -0.890. The van der Waals surface area contributed by atoms with E-state index < -0.39 is 0 Å². The van der Waals surface area contributed by atoms with Crippen LogP contribution < -0.4 is 4.90 Å². The van der Waals surface area contributed by atoms with Crippen LogP contribution in [-0.4, -0.2) is 43.6 Å². The van der Waals surface area contributed by atoms with Crippen LogP contribution in [0.1, 0.15) is 13.3 Å². The first-order valence-electron chi connectivity index (χ1n) is 6.29. The molecule has 0 unspecified atom stereocenters. The Kier molecular flexibility index (Phi) is 6.50. The van der Waals surface area contributed by atoms with Gasteiger partial charge in [0.15, 0.2) is 0 Å². The van der Waals surface area contributed by atoms with E-state index in [0.717, 1.165) is 31.7 Å². The summed E-state index contributed by atoms with van der Waals surface area (Å²) in [6, 6.07) is 5.31. The Morgan fingerprint density at radius 1 is 1.32 bits per heavy atom. The Morgan fingerprint density at radius 2 is 2.00 bits per heavy atom. The van der Waals surface area contributed by atoms with Gasteiger partial charge in [0.1, 0.15) is 0 Å². The van der Waals surface area contributed by atoms with Crippen LogP contribution in [0.3, 0.4) is 0 Å². The second-order valence-electron chi connectivity index (χ2n) is 4.63. The van der Waals surface area contributed by atoms with Crippen molar-refractivity contribution >= 4 is 34.0 Å². The summed E-state index contributed by atoms with van der Waals surface area (Å²) in [6.07, 6.45) is 1.08. The van der Waals surface area contributed by atoms with Gasteiger partial charge in [0, 0.05) is 24.8 Å². The minimum Gasteiger partial charge on any atom is -0.372 e. The van der Waals surface area contributed by atoms with Gasteiger partial charge in [0.2, 0.25) is 0 Å². The fraction of sp³-hybridized carbons (Fsp3) is 0.538. The molecule has 0 radical (unpaired) electrons. The van der Waals surface area contributed by atoms with E-state index in [4.69, 9.17) is 0 Å². The van der Waals surface area contributed by atoms with E-state index in [1.54, 1.807) is 6.07 Å². The summed E-state index contributed by atoms with van der Waals surface area (Å²) < 4.78 is 0.686. The van der Waals surface area contributed by atoms with E-state index in [2.05, 4.69) is 30.8 Å². The van der Waals surface area contributed by atoms with Gasteiger partial charge in [-0.25, -0.2) is 0 Å². The summed E-state index contributed by atoms with van der Waals surface area (Å²) in [5, 5.41) is 10.8. The molecule has 19 heavy (non-hydrogen) atoms. The molecule has 0 spiro atoms. The first-order valence-corrected chi connectivity index (χ1v) is 7.37. The van der Waals surface area contributed by atoms with Crippen molar-refractivity contribution in [1.82, 2.24) is 4.90 Å². The first kappa shape index (κ1) is 16.2. The molecular weight excluding hydrogens is 357 g/mol. The molecule has 0 saturated heterocycles. The second kappa shape index (κ2) is 7.64. The maximum atomic E-state index is 10.8. The van der Waals surface area contributed by atoms with E-state index >= 15 is 0 Å². The van der Waals surface area contributed by atoms with Crippen LogP contribution in [0, 0.1) is 13.7 Å². The molecule has 1 rings (SSSR count). The van der Waals surface area contributed by atoms with E-state index in [-0.39, 0.29) is 10.6 Å². The molecule has 0 aliphatic rings. The van der Waals surface area contributed by atoms with Crippen molar-refractivity contribution in [3.05, 3.63) is 31.9 Å². The van der Waals surface area contributed by atoms with Gasteiger partial charge >= 0.3 is 0 Å². The van der Waals surface area contributed by atoms with Gasteiger partial charge in [-0.15, -0.1) is 0 Å². The quantitative estimate of drug-likeness (QED) is 0.417. The fourth-order valence-electron chi connectivity index (χ4n) is 1.89. The number of nitro groups is 1. The Morgan fingerprint density at radius 3 is 2.47 bits per heavy atom. The van der Waals surface area contributed by atoms with Crippen molar-refractivity contribution in [2.24, 2.45) is 0 Å². The topological polar surface area (TPSA) is 49.6 Å². The Bertz CT molecular complexity index is 438. The summed E-state index contributed by atoms with van der Waals surface area (Å²) >= 11 is 2.02. The van der Waals surface area contributed by atoms with Gasteiger partial charge < -0.3 is 9.80 Å². The number of nitrogens with zero attached hydrogens (tertiary/aromatic N) is 3. The molecule has 0 saturated carbocycles. The highest BCUT2D eigenvalue weighted by Gasteiger charge is 2.13. The van der Waals surface area contributed by atoms with Gasteiger partial charge in [0.05, 0.1) is 8.49 Å². The molecular formula is C13H20IN3O2. The van der Waals surface area contributed by atoms with Crippen molar-refractivity contribution in [1.29, 1.82) is 0 Å². The SMILES string of the molecule is CCN(CCCN(C)C)c1ccc([N+](=O)[O-])c(I)c1. The standard InChI is InChI=1S/C13H20IN3O2/c1-4-16(9-5-8-15(2)3)11-6-7-13(17(18)19)12(14)10-11/h6-7,10H,4-5,8-9H2,1-3H3. The number of anilines is 1. The normalized spacial score (nSPS) is 10.8. The van der Waals surface area contributed by atoms with Crippen molar-refractivity contribution in [2.75, 3.05) is 38.6 Å². The average Bonchev–Trinajstić information content (AvgIpc) is 2.33. The van der Waals surface area contributed by atoms with Crippen molar-refractivity contribution in [3.63, 3.8) is 0 Å². The van der Waals surface area contributed by atoms with Gasteiger partial charge in [0.25, 0.3) is 5.69 Å². The zero-order valence-corrected chi connectivity index (χ0v) is 13.8. The number of benzene rings is 1. The Balaban J connectivity index is 2.76. The third-order valence-corrected chi connectivity index (χ3v) is 3.77. The van der Waals surface area contributed by atoms with Crippen molar-refractivity contribution < 1.29 is 4.92 Å². The molecule has 5 nitrogen and oxygen atoms in total. The predicted molar refractivity (Wildman–Crippen MR) is 86.9 cm³/mol. The number of hydrogen-bond acceptors (Lipinski definition) is 4. The van der Waals surface area contributed by atoms with Gasteiger partial charge in [-0.05, 0) is 68.7 Å². The molecule has 106 valence electrons. The molecule has 0 N–H and O–H groups in total. The summed E-state index contributed by atoms with van der Waals surface area (Å²) in [5.41, 5.74) is 1.23. The highest BCUT2D eigenvalue weighted by molar-refractivity contribution is 14.1. The summed E-state index contributed by atoms with van der Waals surface area (Å²) in [7, 11) is 4.12. The molecule has 0 aromatic heterocycles. The lowest BCUT2D eigenvalue weighted by atomic mass is 10.2. The van der Waals surface area contributed by atoms with Crippen LogP contribution in [0.25, 0.3) is 0 Å². The minimum atomic E-state index is -0.339. The number of hydrogen-bond donors (Lipinski definition) is 0. The zero-order valence-electron chi connectivity index (χ0n) is 11.6. The second-order valence-corrected chi connectivity index (χ2v) is 5.79. The maximum absolute atomic E-state index is 10.8. The van der Waals surface area contributed by atoms with Gasteiger partial charge in [-0.3, -0.25) is 10.1 Å². The van der Waals surface area contributed by atoms with Crippen molar-refractivity contribution in [3.8, 4) is 0 Å². The lowest BCUT2D eigenvalue weighted by Gasteiger charge is -2.24. The third kappa shape index (κ3) is 4.94. The number of rotatable bonds is 7. The molecule has 6 heteroatoms. The molecule has 0 bridgehead atoms. The fourth-order valence-corrected chi connectivity index (χ4v) is 2.58. The molecule has 1 aromatic rings. The van der Waals surface area contributed by atoms with E-state index in [1.807, 2.05) is 34.7 Å². The monoisotopic (exact) mass is 377 g/mol. The van der Waals surface area contributed by atoms with E-state index in [9.17, 15) is 10.1 Å². The smallest absolute Gasteiger partial charge is 0.282 e. The summed E-state index contributed by atoms with van der Waals surface area (Å²) in [4.78, 5) is 14.9. The molecule has 0 fully saturated rings. The van der Waals surface area contributed by atoms with E-state index in [0.29, 0.717) is 3.57 Å². The highest BCUT2D eigenvalue weighted by Crippen LogP contribution is 2.26. The summed E-state index contributed by atoms with van der Waals surface area (Å²) in [6.45, 7) is 5.01. The number of halogens is 1. The molecule has 0 amide bonds. The van der Waals surface area contributed by atoms with Crippen LogP contribution in [0.5, 0.6) is 0 Å². The van der Waals surface area contributed by atoms with Crippen molar-refractivity contribution in [2.45, 2.75) is 13.3 Å². The zero-order chi connectivity index (χ0) is 14.4. The first-order chi connectivity index (χ1) is 8.95. The highest BCUT2D eigenvalue weighted by atomic mass is 127. The lowest BCUT2D eigenvalue weighted by molar-refractivity contribution is -0.385. The van der Waals surface area contributed by atoms with Crippen LogP contribution in [0.2, 0.25) is 0 Å². The molecule has 0 aliphatic heterocycles. The number of nitro benzene ring substituents is 1. The molecule has 1 aromatic carbocycles. The Labute approximate surface area is 127 Å². The lowest BCUT2D eigenvalue weighted by Crippen LogP contribution is -2.27. The largest absolute Gasteiger partial charge is 0.372 e. The minimum absolute atomic E-state index is 0.175. The average molecular weight is 377 g/mol.